The summed E-state index contributed by atoms with van der Waals surface area (Å²) in [5.74, 6) is 0.915. The molecule has 0 saturated carbocycles. The molecule has 0 aliphatic rings. The van der Waals surface area contributed by atoms with Gasteiger partial charge in [-0.05, 0) is 49.6 Å². The zero-order valence-corrected chi connectivity index (χ0v) is 11.4. The van der Waals surface area contributed by atoms with Gasteiger partial charge in [-0.3, -0.25) is 0 Å². The van der Waals surface area contributed by atoms with Crippen molar-refractivity contribution >= 4 is 0 Å². The lowest BCUT2D eigenvalue weighted by molar-refractivity contribution is 0.306. The van der Waals surface area contributed by atoms with Gasteiger partial charge in [-0.2, -0.15) is 0 Å². The minimum atomic E-state index is 0.615. The second-order valence-corrected chi connectivity index (χ2v) is 4.81. The molecular formula is C17H21NO. The van der Waals surface area contributed by atoms with Crippen LogP contribution in [0.5, 0.6) is 5.75 Å². The summed E-state index contributed by atoms with van der Waals surface area (Å²) in [6, 6.07) is 16.7. The van der Waals surface area contributed by atoms with E-state index in [1.165, 1.54) is 16.7 Å². The third-order valence-corrected chi connectivity index (χ3v) is 3.08. The Labute approximate surface area is 115 Å². The Morgan fingerprint density at radius 1 is 1.00 bits per heavy atom. The molecule has 0 radical (unpaired) electrons. The molecule has 0 bridgehead atoms. The first-order valence-electron chi connectivity index (χ1n) is 6.75. The number of aryl methyl sites for hydroxylation is 2. The first-order valence-corrected chi connectivity index (χ1v) is 6.75. The summed E-state index contributed by atoms with van der Waals surface area (Å²) in [7, 11) is 0. The Kier molecular flexibility index (Phi) is 4.99. The van der Waals surface area contributed by atoms with Crippen LogP contribution in [0.1, 0.15) is 23.1 Å². The fraction of sp³-hybridized carbons (Fsp3) is 0.294. The van der Waals surface area contributed by atoms with Crippen molar-refractivity contribution in [2.75, 3.05) is 6.54 Å². The van der Waals surface area contributed by atoms with Gasteiger partial charge in [0.05, 0.1) is 0 Å². The van der Waals surface area contributed by atoms with Gasteiger partial charge < -0.3 is 10.5 Å². The molecule has 0 unspecified atom stereocenters. The van der Waals surface area contributed by atoms with Gasteiger partial charge in [0.25, 0.3) is 0 Å². The molecule has 0 saturated heterocycles. The summed E-state index contributed by atoms with van der Waals surface area (Å²) in [5, 5.41) is 0. The lowest BCUT2D eigenvalue weighted by Gasteiger charge is -2.08. The molecule has 0 fully saturated rings. The molecule has 0 heterocycles. The van der Waals surface area contributed by atoms with Crippen LogP contribution >= 0.6 is 0 Å². The molecule has 0 aliphatic carbocycles. The van der Waals surface area contributed by atoms with Gasteiger partial charge >= 0.3 is 0 Å². The van der Waals surface area contributed by atoms with Gasteiger partial charge in [-0.1, -0.05) is 42.0 Å². The molecule has 2 aromatic rings. The molecule has 2 nitrogen and oxygen atoms in total. The molecule has 2 N–H and O–H groups in total. The van der Waals surface area contributed by atoms with Gasteiger partial charge in [0.1, 0.15) is 12.4 Å². The average molecular weight is 255 g/mol. The molecule has 0 aliphatic heterocycles. The van der Waals surface area contributed by atoms with Crippen LogP contribution in [-0.4, -0.2) is 6.54 Å². The molecule has 2 rings (SSSR count). The SMILES string of the molecule is Cc1cccc(COc2ccc(CCCN)cc2)c1. The minimum absolute atomic E-state index is 0.615. The monoisotopic (exact) mass is 255 g/mol. The zero-order chi connectivity index (χ0) is 13.5. The normalized spacial score (nSPS) is 10.4. The quantitative estimate of drug-likeness (QED) is 0.858. The molecule has 0 aromatic heterocycles. The molecule has 0 spiro atoms. The van der Waals surface area contributed by atoms with E-state index in [1.54, 1.807) is 0 Å². The third kappa shape index (κ3) is 4.42. The number of hydrogen-bond donors (Lipinski definition) is 1. The van der Waals surface area contributed by atoms with Crippen LogP contribution in [-0.2, 0) is 13.0 Å². The van der Waals surface area contributed by atoms with Crippen molar-refractivity contribution in [1.82, 2.24) is 0 Å². The van der Waals surface area contributed by atoms with E-state index in [0.717, 1.165) is 25.1 Å². The number of benzene rings is 2. The highest BCUT2D eigenvalue weighted by Gasteiger charge is 1.97. The summed E-state index contributed by atoms with van der Waals surface area (Å²) < 4.78 is 5.78. The van der Waals surface area contributed by atoms with E-state index < -0.39 is 0 Å². The maximum Gasteiger partial charge on any atom is 0.119 e. The van der Waals surface area contributed by atoms with Gasteiger partial charge in [0.15, 0.2) is 0 Å². The molecule has 100 valence electrons. The maximum atomic E-state index is 5.78. The van der Waals surface area contributed by atoms with Crippen LogP contribution in [0.25, 0.3) is 0 Å². The van der Waals surface area contributed by atoms with E-state index in [-0.39, 0.29) is 0 Å². The maximum absolute atomic E-state index is 5.78. The Morgan fingerprint density at radius 3 is 2.47 bits per heavy atom. The van der Waals surface area contributed by atoms with Crippen molar-refractivity contribution in [3.63, 3.8) is 0 Å². The van der Waals surface area contributed by atoms with Crippen molar-refractivity contribution in [3.05, 3.63) is 65.2 Å². The van der Waals surface area contributed by atoms with Crippen LogP contribution in [0, 0.1) is 6.92 Å². The number of nitrogens with two attached hydrogens (primary N) is 1. The van der Waals surface area contributed by atoms with Crippen molar-refractivity contribution in [3.8, 4) is 5.75 Å². The highest BCUT2D eigenvalue weighted by Crippen LogP contribution is 2.15. The lowest BCUT2D eigenvalue weighted by atomic mass is 10.1. The van der Waals surface area contributed by atoms with Crippen LogP contribution in [0.2, 0.25) is 0 Å². The van der Waals surface area contributed by atoms with Crippen LogP contribution in [0.3, 0.4) is 0 Å². The predicted molar refractivity (Wildman–Crippen MR) is 79.3 cm³/mol. The van der Waals surface area contributed by atoms with Gasteiger partial charge in [0.2, 0.25) is 0 Å². The highest BCUT2D eigenvalue weighted by molar-refractivity contribution is 5.28. The Hall–Kier alpha value is -1.80. The Morgan fingerprint density at radius 2 is 1.79 bits per heavy atom. The second-order valence-electron chi connectivity index (χ2n) is 4.81. The fourth-order valence-corrected chi connectivity index (χ4v) is 2.03. The topological polar surface area (TPSA) is 35.2 Å². The predicted octanol–water partition coefficient (Wildman–Crippen LogP) is 3.47. The number of hydrogen-bond acceptors (Lipinski definition) is 2. The van der Waals surface area contributed by atoms with E-state index in [9.17, 15) is 0 Å². The molecule has 2 aromatic carbocycles. The first kappa shape index (κ1) is 13.6. The average Bonchev–Trinajstić information content (AvgIpc) is 2.44. The molecule has 2 heteroatoms. The highest BCUT2D eigenvalue weighted by atomic mass is 16.5. The van der Waals surface area contributed by atoms with Crippen molar-refractivity contribution < 1.29 is 4.74 Å². The van der Waals surface area contributed by atoms with Crippen molar-refractivity contribution in [2.45, 2.75) is 26.4 Å². The Bertz CT molecular complexity index is 505. The van der Waals surface area contributed by atoms with Crippen molar-refractivity contribution in [1.29, 1.82) is 0 Å². The van der Waals surface area contributed by atoms with E-state index in [0.29, 0.717) is 6.61 Å². The van der Waals surface area contributed by atoms with E-state index in [4.69, 9.17) is 10.5 Å². The summed E-state index contributed by atoms with van der Waals surface area (Å²) in [4.78, 5) is 0. The zero-order valence-electron chi connectivity index (χ0n) is 11.4. The standard InChI is InChI=1S/C17H21NO/c1-14-4-2-5-16(12-14)13-19-17-9-7-15(8-10-17)6-3-11-18/h2,4-5,7-10,12H,3,6,11,13,18H2,1H3. The van der Waals surface area contributed by atoms with Gasteiger partial charge in [-0.25, -0.2) is 0 Å². The number of rotatable bonds is 6. The summed E-state index contributed by atoms with van der Waals surface area (Å²) in [6.07, 6.45) is 2.07. The van der Waals surface area contributed by atoms with Crippen LogP contribution in [0.15, 0.2) is 48.5 Å². The molecule has 0 amide bonds. The summed E-state index contributed by atoms with van der Waals surface area (Å²) >= 11 is 0. The smallest absolute Gasteiger partial charge is 0.119 e. The van der Waals surface area contributed by atoms with Crippen LogP contribution < -0.4 is 10.5 Å². The van der Waals surface area contributed by atoms with Crippen molar-refractivity contribution in [2.24, 2.45) is 5.73 Å². The van der Waals surface area contributed by atoms with E-state index in [2.05, 4.69) is 43.3 Å². The third-order valence-electron chi connectivity index (χ3n) is 3.08. The molecule has 0 atom stereocenters. The first-order chi connectivity index (χ1) is 9.28. The second kappa shape index (κ2) is 6.95. The minimum Gasteiger partial charge on any atom is -0.489 e. The molecule has 19 heavy (non-hydrogen) atoms. The lowest BCUT2D eigenvalue weighted by Crippen LogP contribution is -2.00. The van der Waals surface area contributed by atoms with Gasteiger partial charge in [0, 0.05) is 0 Å². The van der Waals surface area contributed by atoms with Crippen LogP contribution in [0.4, 0.5) is 0 Å². The summed E-state index contributed by atoms with van der Waals surface area (Å²) in [5.41, 5.74) is 9.28. The van der Waals surface area contributed by atoms with Gasteiger partial charge in [-0.15, -0.1) is 0 Å². The summed E-state index contributed by atoms with van der Waals surface area (Å²) in [6.45, 7) is 3.45. The number of ether oxygens (including phenoxy) is 1. The Balaban J connectivity index is 1.89. The van der Waals surface area contributed by atoms with E-state index >= 15 is 0 Å². The largest absolute Gasteiger partial charge is 0.489 e. The fourth-order valence-electron chi connectivity index (χ4n) is 2.03. The molecular weight excluding hydrogens is 234 g/mol. The van der Waals surface area contributed by atoms with E-state index in [1.807, 2.05) is 12.1 Å².